The molecule has 1 heterocycles. The molecule has 0 spiro atoms. The average molecular weight is 845 g/mol. The van der Waals surface area contributed by atoms with Gasteiger partial charge in [0.2, 0.25) is 5.79 Å². The number of benzene rings is 3. The fourth-order valence-electron chi connectivity index (χ4n) is 7.48. The van der Waals surface area contributed by atoms with Crippen LogP contribution in [0, 0.1) is 5.41 Å². The number of unbranched alkanes of at least 4 members (excludes halogenated alkanes) is 4. The summed E-state index contributed by atoms with van der Waals surface area (Å²) in [6.45, 7) is 9.46. The van der Waals surface area contributed by atoms with Gasteiger partial charge in [-0.25, -0.2) is 4.79 Å². The van der Waals surface area contributed by atoms with Gasteiger partial charge in [0.25, 0.3) is 0 Å². The minimum atomic E-state index is -1.59. The predicted octanol–water partition coefficient (Wildman–Crippen LogP) is 9.89. The highest BCUT2D eigenvalue weighted by atomic mass is 16.7. The second kappa shape index (κ2) is 25.4. The molecule has 0 bridgehead atoms. The summed E-state index contributed by atoms with van der Waals surface area (Å²) in [5.74, 6) is -1.03. The topological polar surface area (TPSA) is 117 Å². The van der Waals surface area contributed by atoms with Gasteiger partial charge < -0.3 is 42.6 Å². The molecular formula is C50H68O11. The Morgan fingerprint density at radius 1 is 0.803 bits per heavy atom. The van der Waals surface area contributed by atoms with Gasteiger partial charge in [-0.3, -0.25) is 4.79 Å². The van der Waals surface area contributed by atoms with Crippen molar-refractivity contribution in [2.75, 3.05) is 35.0 Å². The second-order valence-corrected chi connectivity index (χ2v) is 16.0. The molecule has 1 saturated heterocycles. The van der Waals surface area contributed by atoms with Crippen molar-refractivity contribution in [2.45, 2.75) is 129 Å². The highest BCUT2D eigenvalue weighted by molar-refractivity contribution is 5.83. The lowest BCUT2D eigenvalue weighted by Crippen LogP contribution is -2.63. The van der Waals surface area contributed by atoms with Gasteiger partial charge in [-0.1, -0.05) is 113 Å². The Balaban J connectivity index is 1.66. The lowest BCUT2D eigenvalue weighted by atomic mass is 9.74. The van der Waals surface area contributed by atoms with Crippen molar-refractivity contribution >= 4 is 11.9 Å². The van der Waals surface area contributed by atoms with Crippen LogP contribution in [-0.2, 0) is 62.6 Å². The summed E-state index contributed by atoms with van der Waals surface area (Å²) in [5, 5.41) is 0. The van der Waals surface area contributed by atoms with Crippen LogP contribution in [0.1, 0.15) is 95.8 Å². The Kier molecular flexibility index (Phi) is 20.5. The Bertz CT molecular complexity index is 1790. The molecule has 1 unspecified atom stereocenters. The van der Waals surface area contributed by atoms with Crippen molar-refractivity contribution in [1.82, 2.24) is 0 Å². The van der Waals surface area contributed by atoms with E-state index in [2.05, 4.69) is 6.92 Å². The van der Waals surface area contributed by atoms with Gasteiger partial charge >= 0.3 is 11.9 Å². The van der Waals surface area contributed by atoms with E-state index >= 15 is 0 Å². The van der Waals surface area contributed by atoms with E-state index in [4.69, 9.17) is 42.6 Å². The lowest BCUT2D eigenvalue weighted by Gasteiger charge is -2.53. The zero-order valence-corrected chi connectivity index (χ0v) is 37.5. The Morgan fingerprint density at radius 3 is 2.02 bits per heavy atom. The van der Waals surface area contributed by atoms with Crippen LogP contribution in [0.15, 0.2) is 103 Å². The highest BCUT2D eigenvalue weighted by Gasteiger charge is 2.59. The van der Waals surface area contributed by atoms with Gasteiger partial charge in [0.1, 0.15) is 11.5 Å². The third-order valence-corrected chi connectivity index (χ3v) is 11.1. The molecule has 5 atom stereocenters. The van der Waals surface area contributed by atoms with Crippen molar-refractivity contribution in [3.63, 3.8) is 0 Å². The highest BCUT2D eigenvalue weighted by Crippen LogP contribution is 2.49. The zero-order valence-electron chi connectivity index (χ0n) is 37.5. The van der Waals surface area contributed by atoms with E-state index < -0.39 is 41.5 Å². The number of hydrogen-bond acceptors (Lipinski definition) is 11. The van der Waals surface area contributed by atoms with Crippen LogP contribution < -0.4 is 9.47 Å². The summed E-state index contributed by atoms with van der Waals surface area (Å²) >= 11 is 0. The molecule has 0 saturated carbocycles. The monoisotopic (exact) mass is 844 g/mol. The molecule has 11 nitrogen and oxygen atoms in total. The molecule has 0 amide bonds. The molecule has 3 aromatic rings. The van der Waals surface area contributed by atoms with E-state index in [1.807, 2.05) is 112 Å². The van der Waals surface area contributed by atoms with E-state index in [0.29, 0.717) is 44.8 Å². The van der Waals surface area contributed by atoms with Crippen molar-refractivity contribution in [3.8, 4) is 11.5 Å². The Morgan fingerprint density at radius 2 is 1.41 bits per heavy atom. The predicted molar refractivity (Wildman–Crippen MR) is 235 cm³/mol. The van der Waals surface area contributed by atoms with Crippen LogP contribution >= 0.6 is 0 Å². The number of ether oxygens (including phenoxy) is 9. The fourth-order valence-corrected chi connectivity index (χ4v) is 7.48. The first-order valence-electron chi connectivity index (χ1n) is 21.5. The molecule has 0 radical (unpaired) electrons. The SMILES string of the molecule is CCCCCCCC(=O)O[C@H]1C(=CC(=O)OC)CC(C[C@@H](OCc2ccc(OC)cc2)[C@@H](C)OCc2ccccc2)O[C@@]1(OC)C(C)(C)C=CCOCc1ccc(OC)cc1. The number of methoxy groups -OCH3 is 4. The average Bonchev–Trinajstić information content (AvgIpc) is 3.27. The first-order chi connectivity index (χ1) is 29.5. The number of carbonyl (C=O) groups is 2. The summed E-state index contributed by atoms with van der Waals surface area (Å²) < 4.78 is 54.9. The normalized spacial score (nSPS) is 19.7. The van der Waals surface area contributed by atoms with Gasteiger partial charge in [-0.15, -0.1) is 0 Å². The third-order valence-electron chi connectivity index (χ3n) is 11.1. The molecule has 4 rings (SSSR count). The van der Waals surface area contributed by atoms with Gasteiger partial charge in [0, 0.05) is 31.4 Å². The maximum absolute atomic E-state index is 13.7. The first-order valence-corrected chi connectivity index (χ1v) is 21.5. The van der Waals surface area contributed by atoms with Crippen molar-refractivity contribution < 1.29 is 52.2 Å². The van der Waals surface area contributed by atoms with E-state index in [1.165, 1.54) is 13.2 Å². The van der Waals surface area contributed by atoms with Crippen LogP contribution in [0.4, 0.5) is 0 Å². The van der Waals surface area contributed by atoms with E-state index in [0.717, 1.165) is 53.9 Å². The van der Waals surface area contributed by atoms with Crippen molar-refractivity contribution in [3.05, 3.63) is 119 Å². The number of hydrogen-bond donors (Lipinski definition) is 0. The zero-order chi connectivity index (χ0) is 44.1. The summed E-state index contributed by atoms with van der Waals surface area (Å²) in [5.41, 5.74) is 2.58. The van der Waals surface area contributed by atoms with E-state index in [-0.39, 0.29) is 18.9 Å². The summed E-state index contributed by atoms with van der Waals surface area (Å²) in [6.07, 6.45) is 8.48. The molecule has 1 aliphatic rings. The number of carbonyl (C=O) groups excluding carboxylic acids is 2. The van der Waals surface area contributed by atoms with Crippen LogP contribution in [0.3, 0.4) is 0 Å². The second-order valence-electron chi connectivity index (χ2n) is 16.0. The van der Waals surface area contributed by atoms with Crippen molar-refractivity contribution in [2.24, 2.45) is 5.41 Å². The van der Waals surface area contributed by atoms with Gasteiger partial charge in [-0.2, -0.15) is 0 Å². The van der Waals surface area contributed by atoms with Crippen LogP contribution in [0.5, 0.6) is 11.5 Å². The van der Waals surface area contributed by atoms with Crippen LogP contribution in [-0.4, -0.2) is 77.2 Å². The maximum Gasteiger partial charge on any atom is 0.330 e. The molecule has 1 fully saturated rings. The smallest absolute Gasteiger partial charge is 0.330 e. The molecule has 0 N–H and O–H groups in total. The van der Waals surface area contributed by atoms with E-state index in [1.54, 1.807) is 21.3 Å². The summed E-state index contributed by atoms with van der Waals surface area (Å²) in [6, 6.07) is 25.4. The summed E-state index contributed by atoms with van der Waals surface area (Å²) in [7, 11) is 6.14. The lowest BCUT2D eigenvalue weighted by molar-refractivity contribution is -0.339. The standard InChI is InChI=1S/C50H68O11/c1-9-10-11-12-16-20-46(51)60-48-41(32-47(52)55-7)31-44(61-50(48,56-8)49(3,4)29-17-30-57-34-39-21-25-42(53-5)26-22-39)33-45(37(2)58-35-38-18-14-13-15-19-38)59-36-40-23-27-43(54-6)28-24-40/h13-15,17-19,21-29,32,37,44-45,48H,9-12,16,20,30-31,33-36H2,1-8H3/t37-,44?,45-,48+,50-/m1/s1. The van der Waals surface area contributed by atoms with E-state index in [9.17, 15) is 9.59 Å². The van der Waals surface area contributed by atoms with Crippen LogP contribution in [0.2, 0.25) is 0 Å². The van der Waals surface area contributed by atoms with Crippen LogP contribution in [0.25, 0.3) is 0 Å². The fraction of sp³-hybridized carbons (Fsp3) is 0.520. The molecule has 11 heteroatoms. The van der Waals surface area contributed by atoms with Crippen molar-refractivity contribution in [1.29, 1.82) is 0 Å². The van der Waals surface area contributed by atoms with Gasteiger partial charge in [0.15, 0.2) is 6.10 Å². The molecule has 0 aliphatic carbocycles. The third kappa shape index (κ3) is 15.1. The maximum atomic E-state index is 13.7. The summed E-state index contributed by atoms with van der Waals surface area (Å²) in [4.78, 5) is 26.8. The number of esters is 2. The Labute approximate surface area is 363 Å². The molecule has 334 valence electrons. The Hall–Kier alpha value is -4.52. The molecule has 61 heavy (non-hydrogen) atoms. The first kappa shape index (κ1) is 49.1. The quantitative estimate of drug-likeness (QED) is 0.0333. The van der Waals surface area contributed by atoms with Gasteiger partial charge in [0.05, 0.1) is 66.1 Å². The number of rotatable bonds is 26. The molecule has 1 aliphatic heterocycles. The van der Waals surface area contributed by atoms with Gasteiger partial charge in [-0.05, 0) is 66.3 Å². The minimum Gasteiger partial charge on any atom is -0.497 e. The largest absolute Gasteiger partial charge is 0.497 e. The molecular weight excluding hydrogens is 777 g/mol. The minimum absolute atomic E-state index is 0.224. The molecule has 0 aromatic heterocycles. The molecule has 3 aromatic carbocycles.